The summed E-state index contributed by atoms with van der Waals surface area (Å²) in [6.07, 6.45) is -10.3. The van der Waals surface area contributed by atoms with Crippen LogP contribution >= 0.6 is 0 Å². The number of halogens is 7. The number of allylic oxidation sites excluding steroid dienone is 1. The SMILES string of the molecule is CCCCC(F)(F)C(=C(F)F)C(F)(F)F. The highest BCUT2D eigenvalue weighted by Gasteiger charge is 2.52. The standard InChI is InChI=1S/C8H9F7/c1-2-3-4-7(11,12)5(6(9)10)8(13,14)15/h2-4H2,1H3. The zero-order valence-corrected chi connectivity index (χ0v) is 7.77. The maximum absolute atomic E-state index is 12.8. The molecule has 0 aliphatic heterocycles. The molecule has 0 fully saturated rings. The van der Waals surface area contributed by atoms with Gasteiger partial charge in [0.05, 0.1) is 0 Å². The first-order valence-corrected chi connectivity index (χ1v) is 4.13. The topological polar surface area (TPSA) is 0 Å². The molecule has 90 valence electrons. The van der Waals surface area contributed by atoms with Crippen molar-refractivity contribution >= 4 is 0 Å². The van der Waals surface area contributed by atoms with E-state index in [2.05, 4.69) is 0 Å². The van der Waals surface area contributed by atoms with E-state index in [0.717, 1.165) is 0 Å². The van der Waals surface area contributed by atoms with Gasteiger partial charge in [-0.25, -0.2) is 8.78 Å². The first kappa shape index (κ1) is 14.2. The summed E-state index contributed by atoms with van der Waals surface area (Å²) < 4.78 is 84.8. The van der Waals surface area contributed by atoms with E-state index in [4.69, 9.17) is 0 Å². The molecule has 0 N–H and O–H groups in total. The van der Waals surface area contributed by atoms with Crippen LogP contribution in [-0.4, -0.2) is 12.1 Å². The van der Waals surface area contributed by atoms with Crippen LogP contribution in [0.15, 0.2) is 11.7 Å². The maximum atomic E-state index is 12.8. The Hall–Kier alpha value is -0.750. The van der Waals surface area contributed by atoms with E-state index < -0.39 is 30.2 Å². The zero-order chi connectivity index (χ0) is 12.3. The van der Waals surface area contributed by atoms with Crippen LogP contribution in [0.25, 0.3) is 0 Å². The molecule has 0 unspecified atom stereocenters. The average Bonchev–Trinajstić information content (AvgIpc) is 1.96. The molecule has 0 aromatic heterocycles. The molecule has 0 saturated carbocycles. The molecule has 0 rings (SSSR count). The molecule has 0 spiro atoms. The van der Waals surface area contributed by atoms with E-state index in [1.54, 1.807) is 0 Å². The lowest BCUT2D eigenvalue weighted by molar-refractivity contribution is -0.136. The van der Waals surface area contributed by atoms with Crippen molar-refractivity contribution in [2.75, 3.05) is 0 Å². The summed E-state index contributed by atoms with van der Waals surface area (Å²) in [7, 11) is 0. The fourth-order valence-corrected chi connectivity index (χ4v) is 0.977. The van der Waals surface area contributed by atoms with E-state index in [-0.39, 0.29) is 12.8 Å². The van der Waals surface area contributed by atoms with E-state index in [1.165, 1.54) is 6.92 Å². The molecule has 0 nitrogen and oxygen atoms in total. The zero-order valence-electron chi connectivity index (χ0n) is 7.77. The Balaban J connectivity index is 5.03. The smallest absolute Gasteiger partial charge is 0.201 e. The molecule has 0 aliphatic rings. The second-order valence-electron chi connectivity index (χ2n) is 2.94. The molecule has 0 radical (unpaired) electrons. The van der Waals surface area contributed by atoms with Gasteiger partial charge in [-0.1, -0.05) is 13.3 Å². The molecule has 0 aliphatic carbocycles. The fraction of sp³-hybridized carbons (Fsp3) is 0.750. The van der Waals surface area contributed by atoms with Gasteiger partial charge in [-0.2, -0.15) is 22.0 Å². The van der Waals surface area contributed by atoms with Crippen molar-refractivity contribution in [2.24, 2.45) is 0 Å². The lowest BCUT2D eigenvalue weighted by Gasteiger charge is -2.20. The molecule has 0 heterocycles. The van der Waals surface area contributed by atoms with Gasteiger partial charge in [0, 0.05) is 6.42 Å². The third-order valence-electron chi connectivity index (χ3n) is 1.68. The van der Waals surface area contributed by atoms with Crippen molar-refractivity contribution in [1.82, 2.24) is 0 Å². The van der Waals surface area contributed by atoms with Crippen molar-refractivity contribution in [3.05, 3.63) is 11.7 Å². The number of hydrogen-bond acceptors (Lipinski definition) is 0. The molecule has 7 heteroatoms. The second-order valence-corrected chi connectivity index (χ2v) is 2.94. The fourth-order valence-electron chi connectivity index (χ4n) is 0.977. The Morgan fingerprint density at radius 2 is 1.47 bits per heavy atom. The molecular weight excluding hydrogens is 229 g/mol. The quantitative estimate of drug-likeness (QED) is 0.631. The number of alkyl halides is 5. The Bertz CT molecular complexity index is 234. The van der Waals surface area contributed by atoms with Crippen LogP contribution in [0.2, 0.25) is 0 Å². The van der Waals surface area contributed by atoms with E-state index in [0.29, 0.717) is 0 Å². The maximum Gasteiger partial charge on any atom is 0.423 e. The molecule has 0 aromatic rings. The first-order chi connectivity index (χ1) is 6.63. The summed E-state index contributed by atoms with van der Waals surface area (Å²) in [5.74, 6) is -4.52. The minimum atomic E-state index is -5.70. The predicted molar refractivity (Wildman–Crippen MR) is 39.8 cm³/mol. The Morgan fingerprint density at radius 1 is 1.00 bits per heavy atom. The van der Waals surface area contributed by atoms with Crippen molar-refractivity contribution in [1.29, 1.82) is 0 Å². The van der Waals surface area contributed by atoms with Gasteiger partial charge in [-0.3, -0.25) is 0 Å². The van der Waals surface area contributed by atoms with Gasteiger partial charge in [0.15, 0.2) is 5.57 Å². The van der Waals surface area contributed by atoms with Crippen LogP contribution in [-0.2, 0) is 0 Å². The highest BCUT2D eigenvalue weighted by atomic mass is 19.4. The van der Waals surface area contributed by atoms with Crippen LogP contribution in [0, 0.1) is 0 Å². The number of hydrogen-bond donors (Lipinski definition) is 0. The van der Waals surface area contributed by atoms with Gasteiger partial charge in [0.1, 0.15) is 0 Å². The number of rotatable bonds is 4. The summed E-state index contributed by atoms with van der Waals surface area (Å²) in [5.41, 5.74) is -3.02. The highest BCUT2D eigenvalue weighted by Crippen LogP contribution is 2.43. The van der Waals surface area contributed by atoms with Gasteiger partial charge >= 0.3 is 6.18 Å². The monoisotopic (exact) mass is 238 g/mol. The Labute approximate surface area is 81.8 Å². The first-order valence-electron chi connectivity index (χ1n) is 4.13. The van der Waals surface area contributed by atoms with Crippen LogP contribution in [0.1, 0.15) is 26.2 Å². The van der Waals surface area contributed by atoms with Crippen LogP contribution in [0.4, 0.5) is 30.7 Å². The van der Waals surface area contributed by atoms with Crippen LogP contribution in [0.5, 0.6) is 0 Å². The molecule has 0 amide bonds. The molecule has 0 bridgehead atoms. The van der Waals surface area contributed by atoms with Crippen molar-refractivity contribution in [2.45, 2.75) is 38.3 Å². The van der Waals surface area contributed by atoms with E-state index >= 15 is 0 Å². The molecule has 0 aromatic carbocycles. The van der Waals surface area contributed by atoms with E-state index in [9.17, 15) is 30.7 Å². The van der Waals surface area contributed by atoms with Crippen molar-refractivity contribution < 1.29 is 30.7 Å². The summed E-state index contributed by atoms with van der Waals surface area (Å²) in [6.45, 7) is 1.47. The summed E-state index contributed by atoms with van der Waals surface area (Å²) in [5, 5.41) is 0. The lowest BCUT2D eigenvalue weighted by atomic mass is 10.0. The lowest BCUT2D eigenvalue weighted by Crippen LogP contribution is -2.30. The molecular formula is C8H9F7. The minimum Gasteiger partial charge on any atom is -0.201 e. The Morgan fingerprint density at radius 3 is 1.73 bits per heavy atom. The van der Waals surface area contributed by atoms with E-state index in [1.807, 2.05) is 0 Å². The third kappa shape index (κ3) is 4.09. The largest absolute Gasteiger partial charge is 0.423 e. The predicted octanol–water partition coefficient (Wildman–Crippen LogP) is 4.52. The van der Waals surface area contributed by atoms with Crippen LogP contribution in [0.3, 0.4) is 0 Å². The van der Waals surface area contributed by atoms with Gasteiger partial charge in [-0.05, 0) is 6.42 Å². The third-order valence-corrected chi connectivity index (χ3v) is 1.68. The van der Waals surface area contributed by atoms with Crippen LogP contribution < -0.4 is 0 Å². The summed E-state index contributed by atoms with van der Waals surface area (Å²) in [6, 6.07) is 0. The van der Waals surface area contributed by atoms with Gasteiger partial charge in [-0.15, -0.1) is 0 Å². The van der Waals surface area contributed by atoms with Gasteiger partial charge < -0.3 is 0 Å². The van der Waals surface area contributed by atoms with Crippen molar-refractivity contribution in [3.8, 4) is 0 Å². The van der Waals surface area contributed by atoms with Crippen molar-refractivity contribution in [3.63, 3.8) is 0 Å². The number of unbranched alkanes of at least 4 members (excludes halogenated alkanes) is 1. The minimum absolute atomic E-state index is 0.203. The van der Waals surface area contributed by atoms with Gasteiger partial charge in [0.25, 0.3) is 12.0 Å². The molecule has 0 atom stereocenters. The second kappa shape index (κ2) is 4.85. The van der Waals surface area contributed by atoms with Gasteiger partial charge in [0.2, 0.25) is 0 Å². The molecule has 0 saturated heterocycles. The Kier molecular flexibility index (Phi) is 4.61. The average molecular weight is 238 g/mol. The highest BCUT2D eigenvalue weighted by molar-refractivity contribution is 5.19. The molecule has 15 heavy (non-hydrogen) atoms. The summed E-state index contributed by atoms with van der Waals surface area (Å²) in [4.78, 5) is 0. The summed E-state index contributed by atoms with van der Waals surface area (Å²) >= 11 is 0. The normalized spacial score (nSPS) is 12.8.